The molecule has 6 aromatic rings. The van der Waals surface area contributed by atoms with Gasteiger partial charge in [-0.2, -0.15) is 13.2 Å². The summed E-state index contributed by atoms with van der Waals surface area (Å²) in [5, 5.41) is 15.3. The van der Waals surface area contributed by atoms with E-state index in [1.54, 1.807) is 27.4 Å². The molecule has 0 fully saturated rings. The van der Waals surface area contributed by atoms with Crippen molar-refractivity contribution in [1.29, 1.82) is 0 Å². The van der Waals surface area contributed by atoms with E-state index in [2.05, 4.69) is 30.8 Å². The molecule has 0 aliphatic heterocycles. The van der Waals surface area contributed by atoms with Crippen molar-refractivity contribution >= 4 is 33.5 Å². The summed E-state index contributed by atoms with van der Waals surface area (Å²) in [6, 6.07) is 14.9. The van der Waals surface area contributed by atoms with Crippen LogP contribution in [0.5, 0.6) is 0 Å². The Morgan fingerprint density at radius 1 is 0.919 bits per heavy atom. The summed E-state index contributed by atoms with van der Waals surface area (Å²) < 4.78 is 44.0. The number of anilines is 1. The van der Waals surface area contributed by atoms with Crippen LogP contribution in [0.2, 0.25) is 0 Å². The molecule has 0 unspecified atom stereocenters. The van der Waals surface area contributed by atoms with Gasteiger partial charge in [0.1, 0.15) is 12.1 Å². The maximum atomic E-state index is 13.5. The predicted octanol–water partition coefficient (Wildman–Crippen LogP) is 4.93. The zero-order valence-corrected chi connectivity index (χ0v) is 19.7. The van der Waals surface area contributed by atoms with Gasteiger partial charge in [-0.1, -0.05) is 12.1 Å². The van der Waals surface area contributed by atoms with Gasteiger partial charge in [-0.3, -0.25) is 14.0 Å². The van der Waals surface area contributed by atoms with E-state index in [-0.39, 0.29) is 0 Å². The number of fused-ring (bicyclic) bond motifs is 5. The fourth-order valence-electron chi connectivity index (χ4n) is 4.46. The van der Waals surface area contributed by atoms with Crippen molar-refractivity contribution in [2.75, 3.05) is 25.5 Å². The maximum Gasteiger partial charge on any atom is 0.416 e. The molecule has 0 amide bonds. The van der Waals surface area contributed by atoms with Crippen LogP contribution in [0.1, 0.15) is 5.56 Å². The molecule has 0 bridgehead atoms. The second-order valence-electron chi connectivity index (χ2n) is 8.57. The third kappa shape index (κ3) is 4.02. The number of benzene rings is 2. The van der Waals surface area contributed by atoms with Crippen molar-refractivity contribution in [3.05, 3.63) is 78.9 Å². The summed E-state index contributed by atoms with van der Waals surface area (Å²) in [5.41, 5.74) is 3.48. The minimum Gasteiger partial charge on any atom is -0.369 e. The fraction of sp³-hybridized carbons (Fsp3) is 0.154. The highest BCUT2D eigenvalue weighted by atomic mass is 19.4. The van der Waals surface area contributed by atoms with Gasteiger partial charge in [0.2, 0.25) is 5.78 Å². The zero-order valence-electron chi connectivity index (χ0n) is 19.7. The first-order chi connectivity index (χ1) is 17.9. The van der Waals surface area contributed by atoms with Gasteiger partial charge in [-0.15, -0.1) is 10.2 Å². The monoisotopic (exact) mass is 502 g/mol. The van der Waals surface area contributed by atoms with Gasteiger partial charge < -0.3 is 10.6 Å². The van der Waals surface area contributed by atoms with Crippen LogP contribution in [-0.4, -0.2) is 49.3 Å². The molecule has 2 aromatic carbocycles. The third-order valence-corrected chi connectivity index (χ3v) is 6.24. The quantitative estimate of drug-likeness (QED) is 0.314. The third-order valence-electron chi connectivity index (χ3n) is 6.24. The molecule has 0 aliphatic rings. The molecule has 11 heteroatoms. The van der Waals surface area contributed by atoms with Crippen molar-refractivity contribution in [3.8, 4) is 16.8 Å². The molecular weight excluding hydrogens is 481 g/mol. The number of hydrogen-bond donors (Lipinski definition) is 2. The minimum atomic E-state index is -4.47. The Morgan fingerprint density at radius 2 is 1.78 bits per heavy atom. The van der Waals surface area contributed by atoms with E-state index in [1.807, 2.05) is 37.4 Å². The second kappa shape index (κ2) is 8.86. The normalized spacial score (nSPS) is 12.1. The number of hydrogen-bond acceptors (Lipinski definition) is 6. The second-order valence-corrected chi connectivity index (χ2v) is 8.57. The Hall–Kier alpha value is -4.51. The van der Waals surface area contributed by atoms with E-state index in [0.29, 0.717) is 28.0 Å². The molecule has 0 saturated carbocycles. The Bertz CT molecular complexity index is 1740. The Morgan fingerprint density at radius 3 is 2.57 bits per heavy atom. The maximum absolute atomic E-state index is 13.5. The van der Waals surface area contributed by atoms with Gasteiger partial charge in [0.05, 0.1) is 28.3 Å². The molecule has 37 heavy (non-hydrogen) atoms. The molecule has 186 valence electrons. The molecule has 0 saturated heterocycles. The summed E-state index contributed by atoms with van der Waals surface area (Å²) in [6.07, 6.45) is 0.535. The minimum absolute atomic E-state index is 0.333. The van der Waals surface area contributed by atoms with Crippen molar-refractivity contribution < 1.29 is 13.2 Å². The molecule has 2 N–H and O–H groups in total. The van der Waals surface area contributed by atoms with Crippen LogP contribution in [0, 0.1) is 0 Å². The number of nitrogens with zero attached hydrogens (tertiary/aromatic N) is 6. The van der Waals surface area contributed by atoms with Crippen LogP contribution in [-0.2, 0) is 6.18 Å². The Balaban J connectivity index is 1.53. The van der Waals surface area contributed by atoms with Crippen LogP contribution in [0.25, 0.3) is 44.5 Å². The van der Waals surface area contributed by atoms with Crippen molar-refractivity contribution in [2.45, 2.75) is 6.18 Å². The first-order valence-corrected chi connectivity index (χ1v) is 11.6. The van der Waals surface area contributed by atoms with E-state index in [9.17, 15) is 13.2 Å². The Kier molecular flexibility index (Phi) is 5.49. The van der Waals surface area contributed by atoms with Crippen LogP contribution in [0.4, 0.5) is 19.0 Å². The standard InChI is InChI=1S/C26H21F3N8/c1-30-9-10-31-23-8-6-17(13-33-23)16-5-7-21-20(11-16)24-22(14-32-21)36-15-34-35-25(36)37(24)19-4-2-3-18(12-19)26(27,28)29/h2-8,11-15,30H,9-10H2,1H3,(H,31,33). The highest BCUT2D eigenvalue weighted by Gasteiger charge is 2.31. The molecule has 8 nitrogen and oxygen atoms in total. The van der Waals surface area contributed by atoms with Gasteiger partial charge in [-0.05, 0) is 55.1 Å². The highest BCUT2D eigenvalue weighted by Crippen LogP contribution is 2.35. The average Bonchev–Trinajstić information content (AvgIpc) is 3.50. The van der Waals surface area contributed by atoms with E-state index in [0.717, 1.165) is 47.6 Å². The molecule has 6 rings (SSSR count). The van der Waals surface area contributed by atoms with E-state index in [1.165, 1.54) is 12.4 Å². The molecule has 0 atom stereocenters. The first kappa shape index (κ1) is 22.9. The number of alkyl halides is 3. The Labute approximate surface area is 208 Å². The number of likely N-dealkylation sites (N-methyl/N-ethyl adjacent to an activating group) is 1. The predicted molar refractivity (Wildman–Crippen MR) is 136 cm³/mol. The number of imidazole rings is 1. The van der Waals surface area contributed by atoms with Crippen LogP contribution >= 0.6 is 0 Å². The van der Waals surface area contributed by atoms with Crippen molar-refractivity contribution in [2.24, 2.45) is 0 Å². The molecule has 4 heterocycles. The highest BCUT2D eigenvalue weighted by molar-refractivity contribution is 6.06. The zero-order chi connectivity index (χ0) is 25.6. The molecule has 4 aromatic heterocycles. The lowest BCUT2D eigenvalue weighted by atomic mass is 10.0. The summed E-state index contributed by atoms with van der Waals surface area (Å²) >= 11 is 0. The summed E-state index contributed by atoms with van der Waals surface area (Å²) in [5.74, 6) is 1.17. The number of aromatic nitrogens is 6. The number of nitrogens with one attached hydrogen (secondary N) is 2. The number of halogens is 3. The lowest BCUT2D eigenvalue weighted by Crippen LogP contribution is -2.18. The largest absolute Gasteiger partial charge is 0.416 e. The van der Waals surface area contributed by atoms with Crippen molar-refractivity contribution in [3.63, 3.8) is 0 Å². The number of rotatable bonds is 6. The van der Waals surface area contributed by atoms with E-state index >= 15 is 0 Å². The summed E-state index contributed by atoms with van der Waals surface area (Å²) in [4.78, 5) is 9.10. The van der Waals surface area contributed by atoms with Crippen molar-refractivity contribution in [1.82, 2.24) is 34.4 Å². The topological polar surface area (TPSA) is 85.0 Å². The first-order valence-electron chi connectivity index (χ1n) is 11.6. The van der Waals surface area contributed by atoms with E-state index in [4.69, 9.17) is 0 Å². The fourth-order valence-corrected chi connectivity index (χ4v) is 4.46. The molecule has 0 aliphatic carbocycles. The molecule has 0 spiro atoms. The van der Waals surface area contributed by atoms with Crippen LogP contribution in [0.15, 0.2) is 73.3 Å². The van der Waals surface area contributed by atoms with Gasteiger partial charge in [0.15, 0.2) is 0 Å². The van der Waals surface area contributed by atoms with Gasteiger partial charge in [-0.25, -0.2) is 4.98 Å². The number of pyridine rings is 2. The van der Waals surface area contributed by atoms with Gasteiger partial charge in [0.25, 0.3) is 0 Å². The SMILES string of the molecule is CNCCNc1ccc(-c2ccc3ncc4c(c3c2)n(-c2cccc(C(F)(F)F)c2)c2nncn42)cn1. The lowest BCUT2D eigenvalue weighted by Gasteiger charge is -2.12. The van der Waals surface area contributed by atoms with Crippen LogP contribution < -0.4 is 10.6 Å². The summed E-state index contributed by atoms with van der Waals surface area (Å²) in [7, 11) is 1.89. The average molecular weight is 503 g/mol. The molecule has 0 radical (unpaired) electrons. The smallest absolute Gasteiger partial charge is 0.369 e. The van der Waals surface area contributed by atoms with Gasteiger partial charge in [0, 0.05) is 35.9 Å². The van der Waals surface area contributed by atoms with Gasteiger partial charge >= 0.3 is 6.18 Å². The van der Waals surface area contributed by atoms with E-state index < -0.39 is 11.7 Å². The molecular formula is C26H21F3N8. The van der Waals surface area contributed by atoms with Crippen LogP contribution in [0.3, 0.4) is 0 Å². The lowest BCUT2D eigenvalue weighted by molar-refractivity contribution is -0.137. The summed E-state index contributed by atoms with van der Waals surface area (Å²) in [6.45, 7) is 1.58.